The first-order chi connectivity index (χ1) is 8.16. The Morgan fingerprint density at radius 1 is 1.35 bits per heavy atom. The molecule has 17 heavy (non-hydrogen) atoms. The van der Waals surface area contributed by atoms with Gasteiger partial charge in [-0.15, -0.1) is 0 Å². The van der Waals surface area contributed by atoms with Gasteiger partial charge in [-0.3, -0.25) is 14.6 Å². The molecule has 0 aromatic carbocycles. The third-order valence-corrected chi connectivity index (χ3v) is 1.94. The van der Waals surface area contributed by atoms with Gasteiger partial charge in [-0.2, -0.15) is 5.10 Å². The molecule has 0 spiro atoms. The van der Waals surface area contributed by atoms with Crippen LogP contribution in [0.5, 0.6) is 0 Å². The van der Waals surface area contributed by atoms with E-state index in [9.17, 15) is 14.0 Å². The van der Waals surface area contributed by atoms with Crippen LogP contribution >= 0.6 is 0 Å². The number of H-pyrrole nitrogens is 1. The maximum absolute atomic E-state index is 13.2. The SMILES string of the molecule is O=C(Nc1ccc(=O)[nH]n1)c1ccncc1F. The summed E-state index contributed by atoms with van der Waals surface area (Å²) in [7, 11) is 0. The lowest BCUT2D eigenvalue weighted by molar-refractivity contribution is 0.102. The Labute approximate surface area is 94.5 Å². The maximum atomic E-state index is 13.2. The van der Waals surface area contributed by atoms with Gasteiger partial charge in [-0.25, -0.2) is 9.49 Å². The van der Waals surface area contributed by atoms with Crippen LogP contribution in [0.2, 0.25) is 0 Å². The molecule has 0 atom stereocenters. The normalized spacial score (nSPS) is 9.94. The zero-order chi connectivity index (χ0) is 12.3. The van der Waals surface area contributed by atoms with E-state index < -0.39 is 17.3 Å². The van der Waals surface area contributed by atoms with Gasteiger partial charge in [0.05, 0.1) is 11.8 Å². The van der Waals surface area contributed by atoms with Crippen molar-refractivity contribution in [1.82, 2.24) is 15.2 Å². The van der Waals surface area contributed by atoms with Gasteiger partial charge in [0.1, 0.15) is 0 Å². The van der Waals surface area contributed by atoms with Crippen LogP contribution in [0.25, 0.3) is 0 Å². The highest BCUT2D eigenvalue weighted by Crippen LogP contribution is 2.07. The minimum atomic E-state index is -0.727. The molecule has 2 heterocycles. The molecule has 0 bridgehead atoms. The minimum Gasteiger partial charge on any atom is -0.305 e. The summed E-state index contributed by atoms with van der Waals surface area (Å²) in [4.78, 5) is 25.9. The Bertz CT molecular complexity index is 591. The van der Waals surface area contributed by atoms with Crippen molar-refractivity contribution in [2.75, 3.05) is 5.32 Å². The van der Waals surface area contributed by atoms with Crippen LogP contribution in [-0.4, -0.2) is 21.1 Å². The highest BCUT2D eigenvalue weighted by atomic mass is 19.1. The number of hydrogen-bond donors (Lipinski definition) is 2. The van der Waals surface area contributed by atoms with Gasteiger partial charge >= 0.3 is 0 Å². The summed E-state index contributed by atoms with van der Waals surface area (Å²) >= 11 is 0. The molecule has 0 fully saturated rings. The molecular weight excluding hydrogens is 227 g/mol. The third-order valence-electron chi connectivity index (χ3n) is 1.94. The molecular formula is C10H7FN4O2. The smallest absolute Gasteiger partial charge is 0.264 e. The van der Waals surface area contributed by atoms with Crippen molar-refractivity contribution in [3.8, 4) is 0 Å². The second-order valence-electron chi connectivity index (χ2n) is 3.12. The lowest BCUT2D eigenvalue weighted by atomic mass is 10.2. The Balaban J connectivity index is 2.20. The van der Waals surface area contributed by atoms with Crippen molar-refractivity contribution in [2.45, 2.75) is 0 Å². The lowest BCUT2D eigenvalue weighted by Crippen LogP contribution is -2.17. The number of nitrogens with one attached hydrogen (secondary N) is 2. The predicted octanol–water partition coefficient (Wildman–Crippen LogP) is 0.556. The number of carbonyl (C=O) groups excluding carboxylic acids is 1. The summed E-state index contributed by atoms with van der Waals surface area (Å²) in [6.45, 7) is 0. The lowest BCUT2D eigenvalue weighted by Gasteiger charge is -2.03. The third kappa shape index (κ3) is 2.51. The van der Waals surface area contributed by atoms with Gasteiger partial charge < -0.3 is 5.32 Å². The molecule has 86 valence electrons. The molecule has 0 saturated carbocycles. The standard InChI is InChI=1S/C10H7FN4O2/c11-7-5-12-4-3-6(7)10(17)13-8-1-2-9(16)15-14-8/h1-5H,(H,15,16)(H,13,14,17). The number of nitrogens with zero attached hydrogens (tertiary/aromatic N) is 2. The molecule has 2 N–H and O–H groups in total. The molecule has 0 aliphatic heterocycles. The van der Waals surface area contributed by atoms with Crippen LogP contribution in [0.15, 0.2) is 35.4 Å². The topological polar surface area (TPSA) is 87.7 Å². The number of aromatic nitrogens is 3. The number of amides is 1. The fourth-order valence-corrected chi connectivity index (χ4v) is 1.16. The highest BCUT2D eigenvalue weighted by Gasteiger charge is 2.11. The van der Waals surface area contributed by atoms with Gasteiger partial charge in [-0.1, -0.05) is 0 Å². The van der Waals surface area contributed by atoms with Gasteiger partial charge in [0, 0.05) is 12.3 Å². The summed E-state index contributed by atoms with van der Waals surface area (Å²) in [6.07, 6.45) is 2.24. The van der Waals surface area contributed by atoms with Crippen molar-refractivity contribution in [2.24, 2.45) is 0 Å². The molecule has 0 aliphatic rings. The number of pyridine rings is 1. The summed E-state index contributed by atoms with van der Waals surface area (Å²) in [5, 5.41) is 8.05. The molecule has 0 saturated heterocycles. The zero-order valence-corrected chi connectivity index (χ0v) is 8.48. The number of anilines is 1. The average molecular weight is 234 g/mol. The first-order valence-corrected chi connectivity index (χ1v) is 4.63. The molecule has 6 nitrogen and oxygen atoms in total. The number of carbonyl (C=O) groups is 1. The van der Waals surface area contributed by atoms with E-state index in [4.69, 9.17) is 0 Å². The largest absolute Gasteiger partial charge is 0.305 e. The predicted molar refractivity (Wildman–Crippen MR) is 57.0 cm³/mol. The van der Waals surface area contributed by atoms with Crippen molar-refractivity contribution in [3.05, 3.63) is 52.3 Å². The minimum absolute atomic E-state index is 0.130. The first-order valence-electron chi connectivity index (χ1n) is 4.63. The number of aromatic amines is 1. The van der Waals surface area contributed by atoms with E-state index in [-0.39, 0.29) is 11.4 Å². The maximum Gasteiger partial charge on any atom is 0.264 e. The fourth-order valence-electron chi connectivity index (χ4n) is 1.16. The molecule has 0 unspecified atom stereocenters. The summed E-state index contributed by atoms with van der Waals surface area (Å²) in [5.74, 6) is -1.26. The molecule has 2 aromatic rings. The van der Waals surface area contributed by atoms with Crippen LogP contribution in [-0.2, 0) is 0 Å². The molecule has 0 radical (unpaired) electrons. The summed E-state index contributed by atoms with van der Waals surface area (Å²) in [6, 6.07) is 3.76. The second-order valence-corrected chi connectivity index (χ2v) is 3.12. The van der Waals surface area contributed by atoms with Crippen LogP contribution in [0.1, 0.15) is 10.4 Å². The van der Waals surface area contributed by atoms with Crippen LogP contribution in [0.4, 0.5) is 10.2 Å². The zero-order valence-electron chi connectivity index (χ0n) is 8.48. The van der Waals surface area contributed by atoms with E-state index in [1.807, 2.05) is 0 Å². The van der Waals surface area contributed by atoms with E-state index >= 15 is 0 Å². The molecule has 1 amide bonds. The van der Waals surface area contributed by atoms with Crippen molar-refractivity contribution in [3.63, 3.8) is 0 Å². The molecule has 0 aliphatic carbocycles. The van der Waals surface area contributed by atoms with E-state index in [0.29, 0.717) is 0 Å². The number of rotatable bonds is 2. The van der Waals surface area contributed by atoms with Crippen LogP contribution < -0.4 is 10.9 Å². The quantitative estimate of drug-likeness (QED) is 0.794. The molecule has 2 rings (SSSR count). The number of hydrogen-bond acceptors (Lipinski definition) is 4. The van der Waals surface area contributed by atoms with Crippen molar-refractivity contribution < 1.29 is 9.18 Å². The van der Waals surface area contributed by atoms with Gasteiger partial charge in [0.2, 0.25) is 0 Å². The van der Waals surface area contributed by atoms with E-state index in [2.05, 4.69) is 20.5 Å². The Morgan fingerprint density at radius 3 is 2.82 bits per heavy atom. The molecule has 2 aromatic heterocycles. The second kappa shape index (κ2) is 4.52. The van der Waals surface area contributed by atoms with Crippen LogP contribution in [0.3, 0.4) is 0 Å². The first kappa shape index (κ1) is 10.9. The van der Waals surface area contributed by atoms with Gasteiger partial charge in [0.25, 0.3) is 11.5 Å². The summed E-state index contributed by atoms with van der Waals surface area (Å²) in [5.41, 5.74) is -0.536. The fraction of sp³-hybridized carbons (Fsp3) is 0. The van der Waals surface area contributed by atoms with E-state index in [1.54, 1.807) is 0 Å². The number of halogens is 1. The van der Waals surface area contributed by atoms with Gasteiger partial charge in [0.15, 0.2) is 11.6 Å². The van der Waals surface area contributed by atoms with E-state index in [1.165, 1.54) is 24.4 Å². The van der Waals surface area contributed by atoms with Crippen molar-refractivity contribution in [1.29, 1.82) is 0 Å². The average Bonchev–Trinajstić information content (AvgIpc) is 2.32. The van der Waals surface area contributed by atoms with Gasteiger partial charge in [-0.05, 0) is 12.1 Å². The Hall–Kier alpha value is -2.57. The Kier molecular flexibility index (Phi) is 2.91. The summed E-state index contributed by atoms with van der Waals surface area (Å²) < 4.78 is 13.2. The highest BCUT2D eigenvalue weighted by molar-refractivity contribution is 6.03. The monoisotopic (exact) mass is 234 g/mol. The molecule has 7 heteroatoms. The van der Waals surface area contributed by atoms with Crippen LogP contribution in [0, 0.1) is 5.82 Å². The van der Waals surface area contributed by atoms with E-state index in [0.717, 1.165) is 6.20 Å². The van der Waals surface area contributed by atoms with Crippen molar-refractivity contribution >= 4 is 11.7 Å². The Morgan fingerprint density at radius 2 is 2.18 bits per heavy atom.